The number of methoxy groups -OCH3 is 1. The summed E-state index contributed by atoms with van der Waals surface area (Å²) >= 11 is 2.98. The van der Waals surface area contributed by atoms with Gasteiger partial charge in [-0.05, 0) is 23.3 Å². The monoisotopic (exact) mass is 486 g/mol. The zero-order chi connectivity index (χ0) is 23.4. The van der Waals surface area contributed by atoms with Gasteiger partial charge in [0.2, 0.25) is 5.91 Å². The summed E-state index contributed by atoms with van der Waals surface area (Å²) in [5.74, 6) is 0.349. The Labute approximate surface area is 201 Å². The van der Waals surface area contributed by atoms with E-state index in [1.807, 2.05) is 54.6 Å². The van der Waals surface area contributed by atoms with E-state index < -0.39 is 15.2 Å². The summed E-state index contributed by atoms with van der Waals surface area (Å²) in [6.45, 7) is 0.0417. The van der Waals surface area contributed by atoms with Crippen LogP contribution in [0.15, 0.2) is 54.6 Å². The molecule has 2 unspecified atom stereocenters. The van der Waals surface area contributed by atoms with Crippen molar-refractivity contribution < 1.29 is 24.2 Å². The summed E-state index contributed by atoms with van der Waals surface area (Å²) in [5.41, 5.74) is 0.827. The molecule has 7 nitrogen and oxygen atoms in total. The highest BCUT2D eigenvalue weighted by Crippen LogP contribution is 2.76. The maximum Gasteiger partial charge on any atom is 0.255 e. The Kier molecular flexibility index (Phi) is 5.43. The molecule has 0 aliphatic carbocycles. The molecule has 3 aliphatic rings. The van der Waals surface area contributed by atoms with Gasteiger partial charge in [0.1, 0.15) is 5.75 Å². The van der Waals surface area contributed by atoms with Crippen LogP contribution in [0.1, 0.15) is 15.7 Å². The summed E-state index contributed by atoms with van der Waals surface area (Å²) in [7, 11) is 4.99. The van der Waals surface area contributed by atoms with Crippen molar-refractivity contribution in [1.29, 1.82) is 0 Å². The minimum Gasteiger partial charge on any atom is -0.497 e. The highest BCUT2D eigenvalue weighted by atomic mass is 32.2. The van der Waals surface area contributed by atoms with E-state index in [1.165, 1.54) is 16.7 Å². The SMILES string of the molecule is COc1ccc(C2SC34N(C)C(=O)[C@@]3(COCc3ccccc3)N(C)C(=O)[C@]4(CO)S2)cc1. The molecule has 3 fully saturated rings. The van der Waals surface area contributed by atoms with E-state index in [0.29, 0.717) is 6.61 Å². The highest BCUT2D eigenvalue weighted by molar-refractivity contribution is 8.21. The average molecular weight is 487 g/mol. The van der Waals surface area contributed by atoms with Crippen LogP contribution in [-0.2, 0) is 20.9 Å². The number of carbonyl (C=O) groups excluding carboxylic acids is 2. The average Bonchev–Trinajstić information content (AvgIpc) is 3.29. The molecule has 174 valence electrons. The predicted molar refractivity (Wildman–Crippen MR) is 128 cm³/mol. The normalized spacial score (nSPS) is 32.5. The number of amides is 2. The first-order chi connectivity index (χ1) is 15.9. The minimum atomic E-state index is -1.17. The van der Waals surface area contributed by atoms with Crippen molar-refractivity contribution in [1.82, 2.24) is 9.80 Å². The zero-order valence-electron chi connectivity index (χ0n) is 18.7. The van der Waals surface area contributed by atoms with Gasteiger partial charge in [-0.15, -0.1) is 23.5 Å². The quantitative estimate of drug-likeness (QED) is 0.603. The lowest BCUT2D eigenvalue weighted by Gasteiger charge is -2.61. The fourth-order valence-electron chi connectivity index (χ4n) is 5.37. The van der Waals surface area contributed by atoms with Gasteiger partial charge in [0.25, 0.3) is 5.91 Å². The number of β-lactam (4-membered cyclic amide) rings is 1. The third-order valence-electron chi connectivity index (χ3n) is 7.08. The smallest absolute Gasteiger partial charge is 0.255 e. The Balaban J connectivity index is 1.51. The maximum atomic E-state index is 13.7. The van der Waals surface area contributed by atoms with Crippen molar-refractivity contribution in [2.24, 2.45) is 0 Å². The van der Waals surface area contributed by atoms with Crippen LogP contribution in [0.4, 0.5) is 0 Å². The van der Waals surface area contributed by atoms with Gasteiger partial charge >= 0.3 is 0 Å². The second-order valence-corrected chi connectivity index (χ2v) is 11.5. The number of benzene rings is 2. The predicted octanol–water partition coefficient (Wildman–Crippen LogP) is 2.50. The fraction of sp³-hybridized carbons (Fsp3) is 0.417. The molecular formula is C24H26N2O5S2. The summed E-state index contributed by atoms with van der Waals surface area (Å²) in [6, 6.07) is 17.4. The van der Waals surface area contributed by atoms with Crippen LogP contribution in [0.3, 0.4) is 0 Å². The molecular weight excluding hydrogens is 460 g/mol. The summed E-state index contributed by atoms with van der Waals surface area (Å²) < 4.78 is 10.0. The molecule has 4 atom stereocenters. The van der Waals surface area contributed by atoms with Gasteiger partial charge in [-0.25, -0.2) is 0 Å². The van der Waals surface area contributed by atoms with Gasteiger partial charge in [0.05, 0.1) is 31.5 Å². The lowest BCUT2D eigenvalue weighted by atomic mass is 9.75. The Morgan fingerprint density at radius 1 is 0.970 bits per heavy atom. The molecule has 3 aliphatic heterocycles. The van der Waals surface area contributed by atoms with E-state index in [-0.39, 0.29) is 29.6 Å². The van der Waals surface area contributed by atoms with Crippen molar-refractivity contribution in [3.8, 4) is 5.75 Å². The highest BCUT2D eigenvalue weighted by Gasteiger charge is 2.90. The van der Waals surface area contributed by atoms with E-state index in [0.717, 1.165) is 16.9 Å². The van der Waals surface area contributed by atoms with Gasteiger partial charge in [0, 0.05) is 14.1 Å². The number of likely N-dealkylation sites (tertiary alicyclic amines) is 2. The van der Waals surface area contributed by atoms with E-state index in [2.05, 4.69) is 0 Å². The topological polar surface area (TPSA) is 79.3 Å². The standard InChI is InChI=1S/C24H26N2O5S2/c1-25-21(29)23(14-27)24(33-19(32-23)17-9-11-18(30-3)12-10-17)22(25,20(28)26(24)2)15-31-13-16-7-5-4-6-8-16/h4-12,19,27H,13-15H2,1-3H3/t19?,22-,23+,24?/m1/s1. The molecule has 0 aromatic heterocycles. The molecule has 3 heterocycles. The lowest BCUT2D eigenvalue weighted by Crippen LogP contribution is -2.85. The second-order valence-electron chi connectivity index (χ2n) is 8.54. The number of carbonyl (C=O) groups is 2. The third-order valence-corrected chi connectivity index (χ3v) is 11.1. The van der Waals surface area contributed by atoms with Crippen LogP contribution in [-0.4, -0.2) is 76.3 Å². The number of aliphatic hydroxyl groups is 1. The number of rotatable bonds is 7. The largest absolute Gasteiger partial charge is 0.497 e. The van der Waals surface area contributed by atoms with Gasteiger partial charge < -0.3 is 24.4 Å². The number of likely N-dealkylation sites (N-methyl/N-ethyl adjacent to an activating group) is 2. The molecule has 0 bridgehead atoms. The van der Waals surface area contributed by atoms with E-state index >= 15 is 0 Å². The molecule has 3 saturated heterocycles. The Bertz CT molecular complexity index is 1080. The number of nitrogens with zero attached hydrogens (tertiary/aromatic N) is 2. The second kappa shape index (κ2) is 7.94. The zero-order valence-corrected chi connectivity index (χ0v) is 20.3. The minimum absolute atomic E-state index is 0.0674. The van der Waals surface area contributed by atoms with E-state index in [1.54, 1.807) is 37.9 Å². The maximum absolute atomic E-state index is 13.7. The van der Waals surface area contributed by atoms with Gasteiger partial charge in [-0.1, -0.05) is 42.5 Å². The third kappa shape index (κ3) is 2.73. The summed E-state index contributed by atoms with van der Waals surface area (Å²) in [4.78, 5) is 29.3. The summed E-state index contributed by atoms with van der Waals surface area (Å²) in [6.07, 6.45) is 0. The van der Waals surface area contributed by atoms with Gasteiger partial charge in [-0.2, -0.15) is 0 Å². The Morgan fingerprint density at radius 2 is 1.67 bits per heavy atom. The van der Waals surface area contributed by atoms with Crippen molar-refractivity contribution >= 4 is 35.3 Å². The van der Waals surface area contributed by atoms with Crippen LogP contribution in [0.25, 0.3) is 0 Å². The molecule has 1 spiro atoms. The molecule has 2 aromatic rings. The van der Waals surface area contributed by atoms with Gasteiger partial charge in [0.15, 0.2) is 15.2 Å². The number of thioether (sulfide) groups is 2. The first kappa shape index (κ1) is 22.6. The van der Waals surface area contributed by atoms with E-state index in [9.17, 15) is 14.7 Å². The van der Waals surface area contributed by atoms with Gasteiger partial charge in [-0.3, -0.25) is 9.59 Å². The van der Waals surface area contributed by atoms with Crippen LogP contribution >= 0.6 is 23.5 Å². The number of hydrogen-bond donors (Lipinski definition) is 1. The molecule has 33 heavy (non-hydrogen) atoms. The molecule has 2 amide bonds. The molecule has 2 aromatic carbocycles. The number of ether oxygens (including phenoxy) is 2. The molecule has 9 heteroatoms. The van der Waals surface area contributed by atoms with E-state index in [4.69, 9.17) is 9.47 Å². The van der Waals surface area contributed by atoms with Crippen molar-refractivity contribution in [2.75, 3.05) is 34.4 Å². The first-order valence-electron chi connectivity index (χ1n) is 10.7. The van der Waals surface area contributed by atoms with Crippen molar-refractivity contribution in [2.45, 2.75) is 26.3 Å². The fourth-order valence-corrected chi connectivity index (χ4v) is 9.87. The number of hydrogen-bond acceptors (Lipinski definition) is 7. The first-order valence-corrected chi connectivity index (χ1v) is 12.4. The van der Waals surface area contributed by atoms with Crippen LogP contribution in [0.2, 0.25) is 0 Å². The Hall–Kier alpha value is -2.20. The van der Waals surface area contributed by atoms with Crippen molar-refractivity contribution in [3.05, 3.63) is 65.7 Å². The molecule has 5 rings (SSSR count). The molecule has 0 saturated carbocycles. The van der Waals surface area contributed by atoms with Crippen molar-refractivity contribution in [3.63, 3.8) is 0 Å². The Morgan fingerprint density at radius 3 is 2.30 bits per heavy atom. The van der Waals surface area contributed by atoms with Crippen LogP contribution < -0.4 is 4.74 Å². The van der Waals surface area contributed by atoms with Crippen LogP contribution in [0, 0.1) is 0 Å². The lowest BCUT2D eigenvalue weighted by molar-refractivity contribution is -0.179. The van der Waals surface area contributed by atoms with Crippen LogP contribution in [0.5, 0.6) is 5.75 Å². The molecule has 1 N–H and O–H groups in total. The number of aliphatic hydroxyl groups excluding tert-OH is 1. The molecule has 0 radical (unpaired) electrons. The summed E-state index contributed by atoms with van der Waals surface area (Å²) in [5, 5.41) is 10.6.